The first-order valence-corrected chi connectivity index (χ1v) is 7.90. The largest absolute Gasteiger partial charge is 0.416 e. The first kappa shape index (κ1) is 19.5. The van der Waals surface area contributed by atoms with Crippen molar-refractivity contribution in [1.29, 1.82) is 0 Å². The molecular formula is C19H19F3N2O2. The van der Waals surface area contributed by atoms with Crippen LogP contribution in [0.25, 0.3) is 0 Å². The van der Waals surface area contributed by atoms with Crippen molar-refractivity contribution >= 4 is 23.2 Å². The van der Waals surface area contributed by atoms with Crippen molar-refractivity contribution in [1.82, 2.24) is 0 Å². The van der Waals surface area contributed by atoms with Gasteiger partial charge in [-0.15, -0.1) is 0 Å². The normalized spacial score (nSPS) is 11.2. The van der Waals surface area contributed by atoms with E-state index < -0.39 is 23.6 Å². The lowest BCUT2D eigenvalue weighted by molar-refractivity contribution is -0.137. The van der Waals surface area contributed by atoms with Gasteiger partial charge < -0.3 is 10.2 Å². The Morgan fingerprint density at radius 1 is 1.04 bits per heavy atom. The number of anilines is 2. The molecule has 0 heterocycles. The van der Waals surface area contributed by atoms with Gasteiger partial charge in [-0.05, 0) is 55.3 Å². The molecule has 1 N–H and O–H groups in total. The van der Waals surface area contributed by atoms with Gasteiger partial charge in [0, 0.05) is 18.3 Å². The fourth-order valence-electron chi connectivity index (χ4n) is 2.63. The lowest BCUT2D eigenvalue weighted by Gasteiger charge is -2.22. The molecular weight excluding hydrogens is 345 g/mol. The Morgan fingerprint density at radius 2 is 1.65 bits per heavy atom. The zero-order chi connectivity index (χ0) is 19.5. The molecule has 4 nitrogen and oxygen atoms in total. The smallest absolute Gasteiger partial charge is 0.325 e. The summed E-state index contributed by atoms with van der Waals surface area (Å²) in [7, 11) is 0. The maximum atomic E-state index is 12.9. The molecule has 138 valence electrons. The van der Waals surface area contributed by atoms with Gasteiger partial charge in [-0.3, -0.25) is 9.59 Å². The van der Waals surface area contributed by atoms with Gasteiger partial charge >= 0.3 is 6.18 Å². The molecule has 0 aliphatic rings. The summed E-state index contributed by atoms with van der Waals surface area (Å²) in [5, 5.41) is 2.67. The number of carbonyl (C=O) groups is 2. The topological polar surface area (TPSA) is 49.4 Å². The number of nitrogens with zero attached hydrogens (tertiary/aromatic N) is 1. The van der Waals surface area contributed by atoms with Gasteiger partial charge in [0.25, 0.3) is 0 Å². The van der Waals surface area contributed by atoms with Crippen LogP contribution in [0.15, 0.2) is 42.5 Å². The molecule has 0 unspecified atom stereocenters. The highest BCUT2D eigenvalue weighted by Crippen LogP contribution is 2.31. The van der Waals surface area contributed by atoms with E-state index in [4.69, 9.17) is 0 Å². The number of alkyl halides is 3. The molecule has 26 heavy (non-hydrogen) atoms. The summed E-state index contributed by atoms with van der Waals surface area (Å²) in [5.41, 5.74) is 1.63. The Labute approximate surface area is 149 Å². The van der Waals surface area contributed by atoms with Gasteiger partial charge in [-0.2, -0.15) is 13.2 Å². The van der Waals surface area contributed by atoms with Crippen LogP contribution in [0, 0.1) is 13.8 Å². The van der Waals surface area contributed by atoms with Crippen LogP contribution in [-0.4, -0.2) is 18.4 Å². The van der Waals surface area contributed by atoms with Gasteiger partial charge in [0.05, 0.1) is 5.56 Å². The van der Waals surface area contributed by atoms with Crippen molar-refractivity contribution < 1.29 is 22.8 Å². The molecule has 0 aliphatic carbocycles. The molecule has 0 fully saturated rings. The lowest BCUT2D eigenvalue weighted by atomic mass is 10.1. The number of amides is 2. The number of rotatable bonds is 4. The maximum absolute atomic E-state index is 12.9. The van der Waals surface area contributed by atoms with Crippen molar-refractivity contribution in [3.8, 4) is 0 Å². The van der Waals surface area contributed by atoms with E-state index in [1.165, 1.54) is 19.1 Å². The molecule has 0 spiro atoms. The number of benzene rings is 2. The quantitative estimate of drug-likeness (QED) is 0.879. The second-order valence-electron chi connectivity index (χ2n) is 6.08. The SMILES string of the molecule is CC(=O)N(CC(=O)Nc1cc(C)cc(C)c1)c1cccc(C(F)(F)F)c1. The summed E-state index contributed by atoms with van der Waals surface area (Å²) in [4.78, 5) is 25.2. The number of aryl methyl sites for hydroxylation is 2. The highest BCUT2D eigenvalue weighted by Gasteiger charge is 2.31. The van der Waals surface area contributed by atoms with Crippen LogP contribution in [0.5, 0.6) is 0 Å². The third-order valence-electron chi connectivity index (χ3n) is 3.67. The van der Waals surface area contributed by atoms with E-state index in [1.807, 2.05) is 19.9 Å². The predicted octanol–water partition coefficient (Wildman–Crippen LogP) is 4.31. The minimum absolute atomic E-state index is 0.0166. The first-order valence-electron chi connectivity index (χ1n) is 7.90. The lowest BCUT2D eigenvalue weighted by Crippen LogP contribution is -2.36. The summed E-state index contributed by atoms with van der Waals surface area (Å²) < 4.78 is 38.6. The third kappa shape index (κ3) is 5.08. The predicted molar refractivity (Wildman–Crippen MR) is 94.0 cm³/mol. The van der Waals surface area contributed by atoms with Gasteiger partial charge in [-0.1, -0.05) is 12.1 Å². The van der Waals surface area contributed by atoms with E-state index >= 15 is 0 Å². The standard InChI is InChI=1S/C19H19F3N2O2/c1-12-7-13(2)9-16(8-12)23-18(26)11-24(14(3)25)17-6-4-5-15(10-17)19(20,21)22/h4-10H,11H2,1-3H3,(H,23,26). The zero-order valence-corrected chi connectivity index (χ0v) is 14.6. The summed E-state index contributed by atoms with van der Waals surface area (Å²) >= 11 is 0. The second kappa shape index (κ2) is 7.59. The van der Waals surface area contributed by atoms with Crippen LogP contribution in [0.4, 0.5) is 24.5 Å². The van der Waals surface area contributed by atoms with Gasteiger partial charge in [0.2, 0.25) is 11.8 Å². The highest BCUT2D eigenvalue weighted by molar-refractivity contribution is 6.01. The number of halogens is 3. The molecule has 0 saturated heterocycles. The van der Waals surface area contributed by atoms with Crippen molar-refractivity contribution in [2.45, 2.75) is 26.9 Å². The van der Waals surface area contributed by atoms with E-state index in [0.717, 1.165) is 28.2 Å². The van der Waals surface area contributed by atoms with Gasteiger partial charge in [0.1, 0.15) is 6.54 Å². The van der Waals surface area contributed by atoms with Gasteiger partial charge in [0.15, 0.2) is 0 Å². The van der Waals surface area contributed by atoms with Crippen molar-refractivity contribution in [3.05, 3.63) is 59.2 Å². The maximum Gasteiger partial charge on any atom is 0.416 e. The van der Waals surface area contributed by atoms with E-state index in [0.29, 0.717) is 5.69 Å². The zero-order valence-electron chi connectivity index (χ0n) is 14.6. The minimum Gasteiger partial charge on any atom is -0.325 e. The molecule has 0 aliphatic heterocycles. The van der Waals surface area contributed by atoms with Crippen LogP contribution in [0.1, 0.15) is 23.6 Å². The Hall–Kier alpha value is -2.83. The van der Waals surface area contributed by atoms with Crippen molar-refractivity contribution in [2.75, 3.05) is 16.8 Å². The summed E-state index contributed by atoms with van der Waals surface area (Å²) in [5.74, 6) is -1.03. The van der Waals surface area contributed by atoms with Gasteiger partial charge in [-0.25, -0.2) is 0 Å². The summed E-state index contributed by atoms with van der Waals surface area (Å²) in [6.07, 6.45) is -4.53. The second-order valence-corrected chi connectivity index (χ2v) is 6.08. The Bertz CT molecular complexity index is 812. The molecule has 2 rings (SSSR count). The number of carbonyl (C=O) groups excluding carboxylic acids is 2. The van der Waals surface area contributed by atoms with E-state index in [1.54, 1.807) is 12.1 Å². The molecule has 0 saturated carbocycles. The molecule has 0 bridgehead atoms. The fourth-order valence-corrected chi connectivity index (χ4v) is 2.63. The average Bonchev–Trinajstić information content (AvgIpc) is 2.50. The molecule has 2 aromatic rings. The van der Waals surface area contributed by atoms with E-state index in [2.05, 4.69) is 5.32 Å². The summed E-state index contributed by atoms with van der Waals surface area (Å²) in [6, 6.07) is 9.82. The van der Waals surface area contributed by atoms with E-state index in [-0.39, 0.29) is 12.2 Å². The Kier molecular flexibility index (Phi) is 5.69. The fraction of sp³-hybridized carbons (Fsp3) is 0.263. The molecule has 0 aromatic heterocycles. The van der Waals surface area contributed by atoms with Crippen LogP contribution in [-0.2, 0) is 15.8 Å². The van der Waals surface area contributed by atoms with Crippen LogP contribution in [0.3, 0.4) is 0 Å². The molecule has 7 heteroatoms. The Balaban J connectivity index is 2.20. The number of hydrogen-bond donors (Lipinski definition) is 1. The monoisotopic (exact) mass is 364 g/mol. The molecule has 2 amide bonds. The number of hydrogen-bond acceptors (Lipinski definition) is 2. The number of nitrogens with one attached hydrogen (secondary N) is 1. The molecule has 0 atom stereocenters. The minimum atomic E-state index is -4.53. The first-order chi connectivity index (χ1) is 12.1. The van der Waals surface area contributed by atoms with Crippen LogP contribution < -0.4 is 10.2 Å². The average molecular weight is 364 g/mol. The van der Waals surface area contributed by atoms with Crippen LogP contribution in [0.2, 0.25) is 0 Å². The van der Waals surface area contributed by atoms with Crippen molar-refractivity contribution in [3.63, 3.8) is 0 Å². The van der Waals surface area contributed by atoms with Crippen LogP contribution >= 0.6 is 0 Å². The third-order valence-corrected chi connectivity index (χ3v) is 3.67. The highest BCUT2D eigenvalue weighted by atomic mass is 19.4. The Morgan fingerprint density at radius 3 is 2.19 bits per heavy atom. The molecule has 0 radical (unpaired) electrons. The summed E-state index contributed by atoms with van der Waals surface area (Å²) in [6.45, 7) is 4.58. The molecule has 2 aromatic carbocycles. The van der Waals surface area contributed by atoms with E-state index in [9.17, 15) is 22.8 Å². The van der Waals surface area contributed by atoms with Crippen molar-refractivity contribution in [2.24, 2.45) is 0 Å².